The first-order valence-electron chi connectivity index (χ1n) is 6.72. The lowest BCUT2D eigenvalue weighted by molar-refractivity contribution is 0.0755. The molecule has 110 valence electrons. The molecule has 1 aromatic carbocycles. The molecular weight excluding hydrogens is 280 g/mol. The van der Waals surface area contributed by atoms with Crippen molar-refractivity contribution in [1.29, 1.82) is 0 Å². The Kier molecular flexibility index (Phi) is 5.09. The zero-order valence-electron chi connectivity index (χ0n) is 11.3. The molecule has 1 aliphatic heterocycles. The highest BCUT2D eigenvalue weighted by atomic mass is 35.5. The maximum atomic E-state index is 12.4. The first kappa shape index (κ1) is 14.9. The maximum absolute atomic E-state index is 12.4. The first-order chi connectivity index (χ1) is 9.63. The normalized spacial score (nSPS) is 16.9. The zero-order chi connectivity index (χ0) is 14.5. The van der Waals surface area contributed by atoms with Gasteiger partial charge in [0.25, 0.3) is 5.91 Å². The van der Waals surface area contributed by atoms with Gasteiger partial charge in [0.2, 0.25) is 0 Å². The lowest BCUT2D eigenvalue weighted by atomic mass is 10.1. The van der Waals surface area contributed by atoms with Gasteiger partial charge in [0, 0.05) is 32.1 Å². The van der Waals surface area contributed by atoms with E-state index in [1.807, 2.05) is 0 Å². The van der Waals surface area contributed by atoms with Crippen LogP contribution in [0, 0.1) is 0 Å². The third-order valence-corrected chi connectivity index (χ3v) is 3.68. The quantitative estimate of drug-likeness (QED) is 0.830. The van der Waals surface area contributed by atoms with Gasteiger partial charge in [0.1, 0.15) is 17.1 Å². The molecule has 0 bridgehead atoms. The number of hydrogen-bond acceptors (Lipinski definition) is 4. The number of nitrogens with zero attached hydrogens (tertiary/aromatic N) is 2. The topological polar surface area (TPSA) is 64.0 Å². The molecule has 0 radical (unpaired) electrons. The Morgan fingerprint density at radius 1 is 1.15 bits per heavy atom. The predicted molar refractivity (Wildman–Crippen MR) is 77.5 cm³/mol. The highest BCUT2D eigenvalue weighted by Crippen LogP contribution is 2.27. The van der Waals surface area contributed by atoms with Gasteiger partial charge in [-0.1, -0.05) is 6.07 Å². The third kappa shape index (κ3) is 3.35. The number of amides is 1. The predicted octanol–water partition coefficient (Wildman–Crippen LogP) is 1.48. The summed E-state index contributed by atoms with van der Waals surface area (Å²) < 4.78 is 0. The molecule has 5 nitrogen and oxygen atoms in total. The van der Waals surface area contributed by atoms with Crippen molar-refractivity contribution in [3.05, 3.63) is 23.8 Å². The van der Waals surface area contributed by atoms with Gasteiger partial charge in [0.15, 0.2) is 0 Å². The Labute approximate surface area is 123 Å². The molecular formula is C14H19ClN2O3. The average molecular weight is 299 g/mol. The van der Waals surface area contributed by atoms with Crippen molar-refractivity contribution >= 4 is 17.5 Å². The van der Waals surface area contributed by atoms with Crippen LogP contribution in [0.3, 0.4) is 0 Å². The van der Waals surface area contributed by atoms with Crippen molar-refractivity contribution < 1.29 is 15.0 Å². The Morgan fingerprint density at radius 2 is 1.85 bits per heavy atom. The van der Waals surface area contributed by atoms with Crippen LogP contribution in [-0.2, 0) is 0 Å². The minimum absolute atomic E-state index is 0.0155. The van der Waals surface area contributed by atoms with E-state index >= 15 is 0 Å². The Hall–Kier alpha value is -1.46. The molecule has 1 saturated heterocycles. The van der Waals surface area contributed by atoms with E-state index in [1.165, 1.54) is 18.2 Å². The summed E-state index contributed by atoms with van der Waals surface area (Å²) in [6.07, 6.45) is 0.858. The molecule has 0 unspecified atom stereocenters. The molecule has 0 spiro atoms. The van der Waals surface area contributed by atoms with Gasteiger partial charge in [0.05, 0.1) is 0 Å². The fourth-order valence-corrected chi connectivity index (χ4v) is 2.66. The van der Waals surface area contributed by atoms with Crippen molar-refractivity contribution in [2.45, 2.75) is 6.42 Å². The number of benzene rings is 1. The van der Waals surface area contributed by atoms with E-state index < -0.39 is 0 Å². The summed E-state index contributed by atoms with van der Waals surface area (Å²) in [6.45, 7) is 3.66. The number of hydrogen-bond donors (Lipinski definition) is 2. The molecule has 2 N–H and O–H groups in total. The number of phenols is 2. The summed E-state index contributed by atoms with van der Waals surface area (Å²) in [7, 11) is 0. The number of aromatic hydroxyl groups is 2. The van der Waals surface area contributed by atoms with Crippen LogP contribution in [0.25, 0.3) is 0 Å². The molecule has 6 heteroatoms. The summed E-state index contributed by atoms with van der Waals surface area (Å²) in [6, 6.07) is 4.32. The highest BCUT2D eigenvalue weighted by Gasteiger charge is 2.24. The van der Waals surface area contributed by atoms with E-state index in [1.54, 1.807) is 4.90 Å². The highest BCUT2D eigenvalue weighted by molar-refractivity contribution is 6.18. The van der Waals surface area contributed by atoms with Gasteiger partial charge in [-0.25, -0.2) is 0 Å². The van der Waals surface area contributed by atoms with Crippen LogP contribution >= 0.6 is 11.6 Å². The Morgan fingerprint density at radius 3 is 2.50 bits per heavy atom. The fraction of sp³-hybridized carbons (Fsp3) is 0.500. The van der Waals surface area contributed by atoms with Crippen LogP contribution in [0.5, 0.6) is 11.5 Å². The second-order valence-electron chi connectivity index (χ2n) is 4.85. The molecule has 20 heavy (non-hydrogen) atoms. The first-order valence-corrected chi connectivity index (χ1v) is 7.25. The second kappa shape index (κ2) is 6.81. The average Bonchev–Trinajstić information content (AvgIpc) is 2.64. The lowest BCUT2D eigenvalue weighted by Gasteiger charge is -2.22. The van der Waals surface area contributed by atoms with E-state index in [0.29, 0.717) is 19.0 Å². The van der Waals surface area contributed by atoms with Crippen molar-refractivity contribution in [2.24, 2.45) is 0 Å². The minimum Gasteiger partial charge on any atom is -0.507 e. The molecule has 1 fully saturated rings. The monoisotopic (exact) mass is 298 g/mol. The molecule has 0 atom stereocenters. The van der Waals surface area contributed by atoms with Gasteiger partial charge in [-0.05, 0) is 25.1 Å². The zero-order valence-corrected chi connectivity index (χ0v) is 12.0. The standard InChI is InChI=1S/C14H19ClN2O3/c15-5-8-16-6-2-7-17(10-9-16)14(20)13-11(18)3-1-4-12(13)19/h1,3-4,18-19H,2,5-10H2. The van der Waals surface area contributed by atoms with Gasteiger partial charge in [-0.3, -0.25) is 4.79 Å². The van der Waals surface area contributed by atoms with Crippen molar-refractivity contribution in [1.82, 2.24) is 9.80 Å². The van der Waals surface area contributed by atoms with Gasteiger partial charge < -0.3 is 20.0 Å². The summed E-state index contributed by atoms with van der Waals surface area (Å²) in [4.78, 5) is 16.3. The van der Waals surface area contributed by atoms with Crippen LogP contribution < -0.4 is 0 Å². The summed E-state index contributed by atoms with van der Waals surface area (Å²) in [5.74, 6) is -0.115. The summed E-state index contributed by atoms with van der Waals surface area (Å²) >= 11 is 5.74. The van der Waals surface area contributed by atoms with E-state index in [4.69, 9.17) is 11.6 Å². The van der Waals surface area contributed by atoms with Crippen molar-refractivity contribution in [3.8, 4) is 11.5 Å². The number of rotatable bonds is 3. The largest absolute Gasteiger partial charge is 0.507 e. The third-order valence-electron chi connectivity index (χ3n) is 3.51. The minimum atomic E-state index is -0.326. The molecule has 2 rings (SSSR count). The maximum Gasteiger partial charge on any atom is 0.261 e. The molecule has 1 aromatic rings. The Balaban J connectivity index is 2.10. The number of carbonyl (C=O) groups is 1. The van der Waals surface area contributed by atoms with Crippen LogP contribution in [0.4, 0.5) is 0 Å². The second-order valence-corrected chi connectivity index (χ2v) is 5.23. The molecule has 1 aliphatic rings. The van der Waals surface area contributed by atoms with E-state index in [2.05, 4.69) is 4.90 Å². The van der Waals surface area contributed by atoms with Crippen LogP contribution in [0.2, 0.25) is 0 Å². The fourth-order valence-electron chi connectivity index (χ4n) is 2.42. The summed E-state index contributed by atoms with van der Waals surface area (Å²) in [5.41, 5.74) is -0.0155. The lowest BCUT2D eigenvalue weighted by Crippen LogP contribution is -2.35. The molecule has 0 aliphatic carbocycles. The SMILES string of the molecule is O=C(c1c(O)cccc1O)N1CCCN(CCCl)CC1. The summed E-state index contributed by atoms with van der Waals surface area (Å²) in [5, 5.41) is 19.5. The molecule has 1 heterocycles. The van der Waals surface area contributed by atoms with Crippen LogP contribution in [-0.4, -0.2) is 64.5 Å². The van der Waals surface area contributed by atoms with Crippen molar-refractivity contribution in [2.75, 3.05) is 38.6 Å². The number of halogens is 1. The number of phenolic OH excluding ortho intramolecular Hbond substituents is 2. The van der Waals surface area contributed by atoms with Crippen LogP contribution in [0.15, 0.2) is 18.2 Å². The number of alkyl halides is 1. The van der Waals surface area contributed by atoms with E-state index in [-0.39, 0.29) is 23.0 Å². The van der Waals surface area contributed by atoms with Gasteiger partial charge in [-0.2, -0.15) is 0 Å². The van der Waals surface area contributed by atoms with Gasteiger partial charge >= 0.3 is 0 Å². The Bertz CT molecular complexity index is 461. The molecule has 0 saturated carbocycles. The smallest absolute Gasteiger partial charge is 0.261 e. The van der Waals surface area contributed by atoms with Crippen LogP contribution in [0.1, 0.15) is 16.8 Å². The molecule has 1 amide bonds. The molecule has 0 aromatic heterocycles. The van der Waals surface area contributed by atoms with Gasteiger partial charge in [-0.15, -0.1) is 11.6 Å². The number of carbonyl (C=O) groups excluding carboxylic acids is 1. The van der Waals surface area contributed by atoms with Crippen molar-refractivity contribution in [3.63, 3.8) is 0 Å². The van der Waals surface area contributed by atoms with E-state index in [9.17, 15) is 15.0 Å². The van der Waals surface area contributed by atoms with E-state index in [0.717, 1.165) is 26.1 Å².